The van der Waals surface area contributed by atoms with E-state index in [9.17, 15) is 9.59 Å². The maximum absolute atomic E-state index is 12.1. The number of hydrogen-bond donors (Lipinski definition) is 2. The summed E-state index contributed by atoms with van der Waals surface area (Å²) in [5.41, 5.74) is 0.576. The molecule has 2 N–H and O–H groups in total. The van der Waals surface area contributed by atoms with Crippen molar-refractivity contribution in [3.05, 3.63) is 39.3 Å². The summed E-state index contributed by atoms with van der Waals surface area (Å²) in [6, 6.07) is 6.93. The number of benzene rings is 1. The van der Waals surface area contributed by atoms with Crippen LogP contribution in [0.4, 0.5) is 5.69 Å². The third-order valence-corrected chi connectivity index (χ3v) is 4.35. The van der Waals surface area contributed by atoms with Gasteiger partial charge in [0, 0.05) is 16.8 Å². The normalized spacial score (nSPS) is 11.8. The van der Waals surface area contributed by atoms with Crippen LogP contribution in [0.1, 0.15) is 35.1 Å². The molecule has 1 heterocycles. The number of rotatable bonds is 8. The van der Waals surface area contributed by atoms with Gasteiger partial charge in [0.25, 0.3) is 5.91 Å². The largest absolute Gasteiger partial charge is 0.364 e. The molecule has 2 aromatic rings. The van der Waals surface area contributed by atoms with Crippen molar-refractivity contribution in [2.24, 2.45) is 0 Å². The maximum atomic E-state index is 12.1. The van der Waals surface area contributed by atoms with Crippen LogP contribution in [0.15, 0.2) is 24.3 Å². The van der Waals surface area contributed by atoms with Gasteiger partial charge < -0.3 is 15.4 Å². The molecule has 0 saturated heterocycles. The summed E-state index contributed by atoms with van der Waals surface area (Å²) in [5, 5.41) is 14.5. The van der Waals surface area contributed by atoms with Gasteiger partial charge in [-0.25, -0.2) is 0 Å². The number of aromatic nitrogens is 2. The Morgan fingerprint density at radius 1 is 1.36 bits per heavy atom. The topological polar surface area (TPSA) is 93.2 Å². The minimum absolute atomic E-state index is 0.0615. The van der Waals surface area contributed by atoms with Crippen LogP contribution >= 0.6 is 22.9 Å². The van der Waals surface area contributed by atoms with Crippen molar-refractivity contribution in [1.82, 2.24) is 15.5 Å². The molecule has 25 heavy (non-hydrogen) atoms. The van der Waals surface area contributed by atoms with Gasteiger partial charge >= 0.3 is 0 Å². The standard InChI is InChI=1S/C16H19ClN4O3S/c1-3-10(2)18-13(22)8-24-9-14-20-21-16(25-14)15(23)19-12-6-4-5-11(17)7-12/h4-7,10H,3,8-9H2,1-2H3,(H,18,22)(H,19,23). The van der Waals surface area contributed by atoms with Gasteiger partial charge in [-0.05, 0) is 31.5 Å². The van der Waals surface area contributed by atoms with Crippen molar-refractivity contribution in [3.63, 3.8) is 0 Å². The third kappa shape index (κ3) is 6.41. The zero-order chi connectivity index (χ0) is 18.2. The average Bonchev–Trinajstić information content (AvgIpc) is 3.03. The lowest BCUT2D eigenvalue weighted by molar-refractivity contribution is -0.126. The van der Waals surface area contributed by atoms with Crippen LogP contribution in [-0.4, -0.2) is 34.7 Å². The quantitative estimate of drug-likeness (QED) is 0.732. The van der Waals surface area contributed by atoms with Crippen LogP contribution in [0, 0.1) is 0 Å². The molecule has 0 bridgehead atoms. The number of nitrogens with zero attached hydrogens (tertiary/aromatic N) is 2. The first-order chi connectivity index (χ1) is 12.0. The molecule has 0 aliphatic heterocycles. The summed E-state index contributed by atoms with van der Waals surface area (Å²) in [4.78, 5) is 23.7. The van der Waals surface area contributed by atoms with Gasteiger partial charge in [-0.1, -0.05) is 35.9 Å². The Kier molecular flexibility index (Phi) is 7.30. The highest BCUT2D eigenvalue weighted by Gasteiger charge is 2.14. The van der Waals surface area contributed by atoms with Crippen molar-refractivity contribution in [2.45, 2.75) is 32.9 Å². The lowest BCUT2D eigenvalue weighted by Crippen LogP contribution is -2.34. The molecule has 2 rings (SSSR count). The molecule has 0 fully saturated rings. The number of carbonyl (C=O) groups excluding carboxylic acids is 2. The fourth-order valence-corrected chi connectivity index (χ4v) is 2.67. The molecule has 0 aliphatic carbocycles. The van der Waals surface area contributed by atoms with Crippen molar-refractivity contribution in [3.8, 4) is 0 Å². The summed E-state index contributed by atoms with van der Waals surface area (Å²) in [5.74, 6) is -0.557. The molecule has 2 amide bonds. The van der Waals surface area contributed by atoms with E-state index in [-0.39, 0.29) is 36.1 Å². The molecule has 0 radical (unpaired) electrons. The minimum atomic E-state index is -0.375. The van der Waals surface area contributed by atoms with Crippen LogP contribution in [0.3, 0.4) is 0 Å². The van der Waals surface area contributed by atoms with Gasteiger partial charge in [0.1, 0.15) is 18.2 Å². The van der Waals surface area contributed by atoms with E-state index in [0.717, 1.165) is 17.8 Å². The van der Waals surface area contributed by atoms with Crippen molar-refractivity contribution >= 4 is 40.4 Å². The van der Waals surface area contributed by atoms with Gasteiger partial charge in [-0.3, -0.25) is 9.59 Å². The molecule has 0 saturated carbocycles. The number of anilines is 1. The van der Waals surface area contributed by atoms with Crippen LogP contribution < -0.4 is 10.6 Å². The van der Waals surface area contributed by atoms with Gasteiger partial charge in [0.15, 0.2) is 0 Å². The van der Waals surface area contributed by atoms with Crippen LogP contribution in [-0.2, 0) is 16.1 Å². The second-order valence-electron chi connectivity index (χ2n) is 5.34. The highest BCUT2D eigenvalue weighted by molar-refractivity contribution is 7.13. The summed E-state index contributed by atoms with van der Waals surface area (Å²) in [7, 11) is 0. The molecule has 1 atom stereocenters. The SMILES string of the molecule is CCC(C)NC(=O)COCc1nnc(C(=O)Nc2cccc(Cl)c2)s1. The highest BCUT2D eigenvalue weighted by atomic mass is 35.5. The Morgan fingerprint density at radius 3 is 2.88 bits per heavy atom. The first-order valence-corrected chi connectivity index (χ1v) is 8.93. The highest BCUT2D eigenvalue weighted by Crippen LogP contribution is 2.17. The van der Waals surface area contributed by atoms with Crippen LogP contribution in [0.5, 0.6) is 0 Å². The molecule has 0 spiro atoms. The molecule has 134 valence electrons. The Labute approximate surface area is 154 Å². The second kappa shape index (κ2) is 9.45. The van der Waals surface area contributed by atoms with E-state index in [1.807, 2.05) is 13.8 Å². The fourth-order valence-electron chi connectivity index (χ4n) is 1.80. The summed E-state index contributed by atoms with van der Waals surface area (Å²) in [6.45, 7) is 3.97. The number of nitrogens with one attached hydrogen (secondary N) is 2. The molecule has 7 nitrogen and oxygen atoms in total. The minimum Gasteiger partial charge on any atom is -0.364 e. The van der Waals surface area contributed by atoms with Gasteiger partial charge in [0.2, 0.25) is 10.9 Å². The molecule has 1 aromatic heterocycles. The Balaban J connectivity index is 1.81. The Morgan fingerprint density at radius 2 is 2.16 bits per heavy atom. The summed E-state index contributed by atoms with van der Waals surface area (Å²) in [6.07, 6.45) is 0.854. The lowest BCUT2D eigenvalue weighted by atomic mass is 10.2. The molecular formula is C16H19ClN4O3S. The molecule has 9 heteroatoms. The van der Waals surface area contributed by atoms with E-state index in [4.69, 9.17) is 16.3 Å². The van der Waals surface area contributed by atoms with E-state index in [1.54, 1.807) is 24.3 Å². The van der Waals surface area contributed by atoms with E-state index < -0.39 is 0 Å². The number of ether oxygens (including phenoxy) is 1. The summed E-state index contributed by atoms with van der Waals surface area (Å²) >= 11 is 6.99. The number of carbonyl (C=O) groups is 2. The number of hydrogen-bond acceptors (Lipinski definition) is 6. The smallest absolute Gasteiger partial charge is 0.286 e. The van der Waals surface area contributed by atoms with Crippen molar-refractivity contribution < 1.29 is 14.3 Å². The van der Waals surface area contributed by atoms with E-state index in [2.05, 4.69) is 20.8 Å². The van der Waals surface area contributed by atoms with E-state index in [1.165, 1.54) is 0 Å². The third-order valence-electron chi connectivity index (χ3n) is 3.22. The van der Waals surface area contributed by atoms with Gasteiger partial charge in [-0.15, -0.1) is 10.2 Å². The lowest BCUT2D eigenvalue weighted by Gasteiger charge is -2.10. The monoisotopic (exact) mass is 382 g/mol. The number of halogens is 1. The predicted octanol–water partition coefficient (Wildman–Crippen LogP) is 2.88. The second-order valence-corrected chi connectivity index (χ2v) is 6.83. The van der Waals surface area contributed by atoms with Gasteiger partial charge in [0.05, 0.1) is 0 Å². The molecule has 1 aromatic carbocycles. The van der Waals surface area contributed by atoms with Gasteiger partial charge in [-0.2, -0.15) is 0 Å². The Hall–Kier alpha value is -2.03. The molecule has 1 unspecified atom stereocenters. The molecular weight excluding hydrogens is 364 g/mol. The zero-order valence-corrected chi connectivity index (χ0v) is 15.5. The van der Waals surface area contributed by atoms with Crippen molar-refractivity contribution in [1.29, 1.82) is 0 Å². The summed E-state index contributed by atoms with van der Waals surface area (Å²) < 4.78 is 5.30. The van der Waals surface area contributed by atoms with E-state index >= 15 is 0 Å². The van der Waals surface area contributed by atoms with Crippen LogP contribution in [0.25, 0.3) is 0 Å². The zero-order valence-electron chi connectivity index (χ0n) is 13.9. The molecule has 0 aliphatic rings. The first kappa shape index (κ1) is 19.3. The fraction of sp³-hybridized carbons (Fsp3) is 0.375. The predicted molar refractivity (Wildman–Crippen MR) is 96.9 cm³/mol. The number of amides is 2. The van der Waals surface area contributed by atoms with Crippen molar-refractivity contribution in [2.75, 3.05) is 11.9 Å². The van der Waals surface area contributed by atoms with Crippen LogP contribution in [0.2, 0.25) is 5.02 Å². The maximum Gasteiger partial charge on any atom is 0.286 e. The first-order valence-electron chi connectivity index (χ1n) is 7.74. The Bertz CT molecular complexity index is 738. The average molecular weight is 383 g/mol. The van der Waals surface area contributed by atoms with E-state index in [0.29, 0.717) is 15.7 Å².